The number of carbonyl (C=O) groups is 1. The van der Waals surface area contributed by atoms with Gasteiger partial charge in [0.25, 0.3) is 0 Å². The Morgan fingerprint density at radius 3 is 2.28 bits per heavy atom. The summed E-state index contributed by atoms with van der Waals surface area (Å²) in [6.07, 6.45) is 1.75. The molecule has 0 radical (unpaired) electrons. The Morgan fingerprint density at radius 2 is 1.61 bits per heavy atom. The maximum absolute atomic E-state index is 12.6. The molecule has 6 heteroatoms. The molecule has 3 aromatic carbocycles. The number of aliphatic imine (C=N–C) groups is 1. The highest BCUT2D eigenvalue weighted by atomic mass is 32.1. The van der Waals surface area contributed by atoms with Gasteiger partial charge in [0.05, 0.1) is 12.5 Å². The summed E-state index contributed by atoms with van der Waals surface area (Å²) in [6.45, 7) is 3.69. The molecule has 1 unspecified atom stereocenters. The van der Waals surface area contributed by atoms with Gasteiger partial charge < -0.3 is 9.64 Å². The Morgan fingerprint density at radius 1 is 0.972 bits per heavy atom. The summed E-state index contributed by atoms with van der Waals surface area (Å²) < 4.78 is 5.35. The van der Waals surface area contributed by atoms with Crippen LogP contribution in [-0.2, 0) is 9.53 Å². The van der Waals surface area contributed by atoms with Crippen LogP contribution in [0.15, 0.2) is 96.0 Å². The number of rotatable bonds is 6. The third-order valence-electron chi connectivity index (χ3n) is 6.26. The average molecular weight is 496 g/mol. The van der Waals surface area contributed by atoms with Crippen molar-refractivity contribution in [2.24, 2.45) is 10.9 Å². The van der Waals surface area contributed by atoms with Crippen molar-refractivity contribution in [2.75, 3.05) is 19.7 Å². The van der Waals surface area contributed by atoms with E-state index in [0.29, 0.717) is 13.2 Å². The van der Waals surface area contributed by atoms with Crippen LogP contribution in [0.1, 0.15) is 25.3 Å². The van der Waals surface area contributed by atoms with Gasteiger partial charge in [-0.15, -0.1) is 0 Å². The summed E-state index contributed by atoms with van der Waals surface area (Å²) in [7, 11) is 0. The molecule has 4 aromatic rings. The Bertz CT molecular complexity index is 1320. The predicted molar refractivity (Wildman–Crippen MR) is 147 cm³/mol. The average Bonchev–Trinajstić information content (AvgIpc) is 3.37. The van der Waals surface area contributed by atoms with Crippen molar-refractivity contribution in [1.82, 2.24) is 9.88 Å². The highest BCUT2D eigenvalue weighted by Gasteiger charge is 2.29. The zero-order valence-corrected chi connectivity index (χ0v) is 21.2. The summed E-state index contributed by atoms with van der Waals surface area (Å²) in [4.78, 5) is 25.1. The Hall–Kier alpha value is -3.77. The normalized spacial score (nSPS) is 16.1. The molecule has 0 bridgehead atoms. The second-order valence-corrected chi connectivity index (χ2v) is 9.72. The fraction of sp³-hybridized carbons (Fsp3) is 0.233. The molecule has 0 amide bonds. The van der Waals surface area contributed by atoms with Crippen molar-refractivity contribution < 1.29 is 9.53 Å². The van der Waals surface area contributed by atoms with Gasteiger partial charge in [-0.1, -0.05) is 102 Å². The van der Waals surface area contributed by atoms with Gasteiger partial charge in [0.1, 0.15) is 21.5 Å². The fourth-order valence-electron chi connectivity index (χ4n) is 4.50. The van der Waals surface area contributed by atoms with Crippen LogP contribution in [0.5, 0.6) is 0 Å². The molecule has 0 spiro atoms. The monoisotopic (exact) mass is 495 g/mol. The van der Waals surface area contributed by atoms with Crippen LogP contribution in [0.2, 0.25) is 0 Å². The number of esters is 1. The minimum atomic E-state index is -0.150. The number of benzene rings is 3. The van der Waals surface area contributed by atoms with Crippen molar-refractivity contribution >= 4 is 28.1 Å². The molecule has 1 saturated heterocycles. The molecule has 1 aliphatic rings. The number of likely N-dealkylation sites (tertiary alicyclic amines) is 1. The minimum absolute atomic E-state index is 0.122. The van der Waals surface area contributed by atoms with Crippen LogP contribution in [0.25, 0.3) is 21.8 Å². The summed E-state index contributed by atoms with van der Waals surface area (Å²) in [5.74, 6) is 0.594. The fourth-order valence-corrected chi connectivity index (χ4v) is 5.47. The van der Waals surface area contributed by atoms with Crippen molar-refractivity contribution in [3.8, 4) is 21.8 Å². The maximum atomic E-state index is 12.6. The standard InChI is InChI=1S/C30H29N3O2S/c1-2-35-30(34)25-19-12-20-33(21-25)27(23-15-8-4-9-16-23)32-29-26(22-13-6-3-7-14-22)31-28(36-29)24-17-10-5-11-18-24/h3-11,13-18,25H,2,12,19-21H2,1H3/b32-27-. The smallest absolute Gasteiger partial charge is 0.310 e. The SMILES string of the molecule is CCOC(=O)C1CCCN(/C(=N\c2sc(-c3ccccc3)nc2-c2ccccc2)c2ccccc2)C1. The van der Waals surface area contributed by atoms with Crippen LogP contribution in [-0.4, -0.2) is 41.4 Å². The topological polar surface area (TPSA) is 54.8 Å². The molecular formula is C30H29N3O2S. The first kappa shape index (κ1) is 23.9. The quantitative estimate of drug-likeness (QED) is 0.167. The third-order valence-corrected chi connectivity index (χ3v) is 7.26. The lowest BCUT2D eigenvalue weighted by Crippen LogP contribution is -2.43. The number of ether oxygens (including phenoxy) is 1. The van der Waals surface area contributed by atoms with E-state index >= 15 is 0 Å². The molecule has 1 aliphatic heterocycles. The molecule has 0 aliphatic carbocycles. The Labute approximate surface area is 216 Å². The number of thiazole rings is 1. The second kappa shape index (κ2) is 11.3. The lowest BCUT2D eigenvalue weighted by Gasteiger charge is -2.34. The van der Waals surface area contributed by atoms with E-state index < -0.39 is 0 Å². The number of carbonyl (C=O) groups excluding carboxylic acids is 1. The molecule has 0 N–H and O–H groups in total. The highest BCUT2D eigenvalue weighted by molar-refractivity contribution is 7.19. The first-order valence-corrected chi connectivity index (χ1v) is 13.2. The summed E-state index contributed by atoms with van der Waals surface area (Å²) >= 11 is 1.59. The van der Waals surface area contributed by atoms with Crippen LogP contribution in [0, 0.1) is 5.92 Å². The van der Waals surface area contributed by atoms with Crippen LogP contribution in [0.3, 0.4) is 0 Å². The molecular weight excluding hydrogens is 466 g/mol. The van der Waals surface area contributed by atoms with Crippen molar-refractivity contribution in [1.29, 1.82) is 0 Å². The van der Waals surface area contributed by atoms with Gasteiger partial charge in [-0.2, -0.15) is 0 Å². The molecule has 1 aromatic heterocycles. The molecule has 182 valence electrons. The van der Waals surface area contributed by atoms with E-state index in [2.05, 4.69) is 41.3 Å². The number of hydrogen-bond donors (Lipinski definition) is 0. The van der Waals surface area contributed by atoms with Gasteiger partial charge in [-0.25, -0.2) is 9.98 Å². The van der Waals surface area contributed by atoms with Gasteiger partial charge in [-0.3, -0.25) is 4.79 Å². The van der Waals surface area contributed by atoms with Crippen molar-refractivity contribution in [3.05, 3.63) is 96.6 Å². The molecule has 36 heavy (non-hydrogen) atoms. The molecule has 1 fully saturated rings. The van der Waals surface area contributed by atoms with E-state index in [1.54, 1.807) is 11.3 Å². The van der Waals surface area contributed by atoms with E-state index in [9.17, 15) is 4.79 Å². The van der Waals surface area contributed by atoms with Gasteiger partial charge >= 0.3 is 5.97 Å². The second-order valence-electron chi connectivity index (χ2n) is 8.74. The molecule has 5 rings (SSSR count). The third kappa shape index (κ3) is 5.39. The largest absolute Gasteiger partial charge is 0.466 e. The van der Waals surface area contributed by atoms with Crippen LogP contribution in [0.4, 0.5) is 5.00 Å². The Kier molecular flexibility index (Phi) is 7.52. The zero-order valence-electron chi connectivity index (χ0n) is 20.3. The summed E-state index contributed by atoms with van der Waals surface area (Å²) in [5.41, 5.74) is 4.00. The van der Waals surface area contributed by atoms with E-state index in [0.717, 1.165) is 57.6 Å². The lowest BCUT2D eigenvalue weighted by molar-refractivity contribution is -0.149. The van der Waals surface area contributed by atoms with Crippen LogP contribution < -0.4 is 0 Å². The first-order valence-electron chi connectivity index (χ1n) is 12.4. The number of hydrogen-bond acceptors (Lipinski definition) is 5. The van der Waals surface area contributed by atoms with Gasteiger partial charge in [0.15, 0.2) is 0 Å². The van der Waals surface area contributed by atoms with Gasteiger partial charge in [-0.05, 0) is 19.8 Å². The van der Waals surface area contributed by atoms with E-state index in [1.165, 1.54) is 0 Å². The first-order chi connectivity index (χ1) is 17.7. The summed E-state index contributed by atoms with van der Waals surface area (Å²) in [5, 5.41) is 1.79. The molecule has 2 heterocycles. The predicted octanol–water partition coefficient (Wildman–Crippen LogP) is 6.83. The zero-order chi connectivity index (χ0) is 24.7. The van der Waals surface area contributed by atoms with E-state index in [4.69, 9.17) is 14.7 Å². The van der Waals surface area contributed by atoms with Crippen molar-refractivity contribution in [2.45, 2.75) is 19.8 Å². The van der Waals surface area contributed by atoms with E-state index in [1.807, 2.05) is 61.5 Å². The van der Waals surface area contributed by atoms with Crippen molar-refractivity contribution in [3.63, 3.8) is 0 Å². The minimum Gasteiger partial charge on any atom is -0.466 e. The number of piperidine rings is 1. The molecule has 1 atom stereocenters. The highest BCUT2D eigenvalue weighted by Crippen LogP contribution is 2.40. The van der Waals surface area contributed by atoms with E-state index in [-0.39, 0.29) is 11.9 Å². The Balaban J connectivity index is 1.60. The molecule has 0 saturated carbocycles. The summed E-state index contributed by atoms with van der Waals surface area (Å²) in [6, 6.07) is 30.6. The lowest BCUT2D eigenvalue weighted by atomic mass is 9.97. The van der Waals surface area contributed by atoms with Crippen LogP contribution >= 0.6 is 11.3 Å². The number of aromatic nitrogens is 1. The van der Waals surface area contributed by atoms with Gasteiger partial charge in [0, 0.05) is 29.8 Å². The number of amidine groups is 1. The number of nitrogens with zero attached hydrogens (tertiary/aromatic N) is 3. The molecule has 5 nitrogen and oxygen atoms in total. The van der Waals surface area contributed by atoms with Gasteiger partial charge in [0.2, 0.25) is 0 Å². The maximum Gasteiger partial charge on any atom is 0.310 e.